The minimum Gasteiger partial charge on any atom is -0.503 e. The molecule has 24 heavy (non-hydrogen) atoms. The Balaban J connectivity index is 2.24. The van der Waals surface area contributed by atoms with E-state index in [1.54, 1.807) is 24.0 Å². The zero-order chi connectivity index (χ0) is 17.5. The molecule has 130 valence electrons. The van der Waals surface area contributed by atoms with Crippen molar-refractivity contribution in [1.82, 2.24) is 14.8 Å². The van der Waals surface area contributed by atoms with Crippen molar-refractivity contribution in [2.75, 3.05) is 13.2 Å². The molecule has 0 spiro atoms. The summed E-state index contributed by atoms with van der Waals surface area (Å²) in [5, 5.41) is 14.0. The van der Waals surface area contributed by atoms with E-state index in [4.69, 9.17) is 15.2 Å². The number of aromatic hydroxyl groups is 1. The highest BCUT2D eigenvalue weighted by Crippen LogP contribution is 2.29. The van der Waals surface area contributed by atoms with Crippen molar-refractivity contribution in [2.24, 2.45) is 12.8 Å². The van der Waals surface area contributed by atoms with Crippen LogP contribution in [0.15, 0.2) is 18.3 Å². The van der Waals surface area contributed by atoms with Crippen molar-refractivity contribution in [3.63, 3.8) is 0 Å². The molecule has 0 saturated carbocycles. The fourth-order valence-electron chi connectivity index (χ4n) is 2.12. The molecule has 2 rings (SSSR count). The summed E-state index contributed by atoms with van der Waals surface area (Å²) in [6.07, 6.45) is 2.75. The van der Waals surface area contributed by atoms with Crippen LogP contribution in [-0.2, 0) is 23.2 Å². The fraction of sp³-hybridized carbons (Fsp3) is 0.438. The predicted octanol–water partition coefficient (Wildman–Crippen LogP) is 1.37. The number of ether oxygens (including phenoxy) is 2. The fourth-order valence-corrected chi connectivity index (χ4v) is 2.12. The molecule has 0 aliphatic carbocycles. The van der Waals surface area contributed by atoms with Gasteiger partial charge in [-0.1, -0.05) is 6.92 Å². The van der Waals surface area contributed by atoms with E-state index >= 15 is 0 Å². The zero-order valence-electron chi connectivity index (χ0n) is 13.9. The van der Waals surface area contributed by atoms with Gasteiger partial charge in [-0.3, -0.25) is 9.48 Å². The summed E-state index contributed by atoms with van der Waals surface area (Å²) in [5.41, 5.74) is 7.38. The Morgan fingerprint density at radius 1 is 1.42 bits per heavy atom. The largest absolute Gasteiger partial charge is 0.503 e. The van der Waals surface area contributed by atoms with Crippen molar-refractivity contribution in [3.05, 3.63) is 24.0 Å². The molecule has 2 aromatic heterocycles. The van der Waals surface area contributed by atoms with E-state index in [0.717, 1.165) is 6.42 Å². The van der Waals surface area contributed by atoms with Gasteiger partial charge < -0.3 is 20.3 Å². The molecule has 2 heterocycles. The standard InChI is InChI=1S/C16H22N4O4/c1-3-4-15(22)24-10-13-11(9-18-20(13)2)12-5-6-14(21)16(19-12)23-8-7-17/h5-6,9,21H,3-4,7-8,10,17H2,1-2H3. The number of nitrogens with two attached hydrogens (primary N) is 1. The smallest absolute Gasteiger partial charge is 0.306 e. The number of pyridine rings is 1. The van der Waals surface area contributed by atoms with Crippen LogP contribution in [0.2, 0.25) is 0 Å². The molecule has 0 amide bonds. The molecule has 3 N–H and O–H groups in total. The molecular formula is C16H22N4O4. The third kappa shape index (κ3) is 4.23. The zero-order valence-corrected chi connectivity index (χ0v) is 13.9. The minimum atomic E-state index is -0.254. The van der Waals surface area contributed by atoms with Crippen molar-refractivity contribution in [2.45, 2.75) is 26.4 Å². The van der Waals surface area contributed by atoms with Crippen molar-refractivity contribution >= 4 is 5.97 Å². The third-order valence-electron chi connectivity index (χ3n) is 3.36. The molecule has 0 unspecified atom stereocenters. The maximum atomic E-state index is 11.6. The average molecular weight is 334 g/mol. The summed E-state index contributed by atoms with van der Waals surface area (Å²) in [4.78, 5) is 15.9. The van der Waals surface area contributed by atoms with Crippen LogP contribution < -0.4 is 10.5 Å². The Bertz CT molecular complexity index is 699. The number of carbonyl (C=O) groups excluding carboxylic acids is 1. The quantitative estimate of drug-likeness (QED) is 0.701. The van der Waals surface area contributed by atoms with Gasteiger partial charge in [0.05, 0.1) is 17.6 Å². The summed E-state index contributed by atoms with van der Waals surface area (Å²) in [5.74, 6) is -0.210. The molecule has 0 radical (unpaired) electrons. The molecule has 8 heteroatoms. The van der Waals surface area contributed by atoms with Crippen molar-refractivity contribution in [3.8, 4) is 22.9 Å². The van der Waals surface area contributed by atoms with Crippen molar-refractivity contribution < 1.29 is 19.4 Å². The van der Waals surface area contributed by atoms with E-state index < -0.39 is 0 Å². The average Bonchev–Trinajstić information content (AvgIpc) is 2.93. The molecule has 0 bridgehead atoms. The van der Waals surface area contributed by atoms with Gasteiger partial charge >= 0.3 is 5.97 Å². The van der Waals surface area contributed by atoms with E-state index in [1.807, 2.05) is 6.92 Å². The van der Waals surface area contributed by atoms with E-state index in [2.05, 4.69) is 10.1 Å². The lowest BCUT2D eigenvalue weighted by Crippen LogP contribution is -2.11. The van der Waals surface area contributed by atoms with E-state index in [1.165, 1.54) is 6.07 Å². The van der Waals surface area contributed by atoms with Gasteiger partial charge in [-0.25, -0.2) is 4.98 Å². The first-order valence-electron chi connectivity index (χ1n) is 7.76. The van der Waals surface area contributed by atoms with Crippen LogP contribution in [0.5, 0.6) is 11.6 Å². The molecule has 8 nitrogen and oxygen atoms in total. The van der Waals surface area contributed by atoms with Crippen molar-refractivity contribution in [1.29, 1.82) is 0 Å². The molecule has 0 aromatic carbocycles. The second-order valence-electron chi connectivity index (χ2n) is 5.20. The van der Waals surface area contributed by atoms with Crippen LogP contribution in [-0.4, -0.2) is 39.0 Å². The molecule has 0 aliphatic heterocycles. The van der Waals surface area contributed by atoms with Crippen LogP contribution in [0.1, 0.15) is 25.5 Å². The van der Waals surface area contributed by atoms with Gasteiger partial charge in [-0.2, -0.15) is 5.10 Å². The molecule has 0 saturated heterocycles. The third-order valence-corrected chi connectivity index (χ3v) is 3.36. The van der Waals surface area contributed by atoms with E-state index in [0.29, 0.717) is 29.9 Å². The Kier molecular flexibility index (Phi) is 6.14. The molecule has 0 aliphatic rings. The highest BCUT2D eigenvalue weighted by Gasteiger charge is 2.16. The van der Waals surface area contributed by atoms with Gasteiger partial charge in [0.25, 0.3) is 5.88 Å². The number of aromatic nitrogens is 3. The van der Waals surface area contributed by atoms with Gasteiger partial charge in [0.15, 0.2) is 5.75 Å². The molecule has 0 atom stereocenters. The number of rotatable bonds is 8. The maximum Gasteiger partial charge on any atom is 0.306 e. The van der Waals surface area contributed by atoms with Gasteiger partial charge in [-0.05, 0) is 18.6 Å². The minimum absolute atomic E-state index is 0.0630. The Morgan fingerprint density at radius 2 is 2.21 bits per heavy atom. The summed E-state index contributed by atoms with van der Waals surface area (Å²) in [6.45, 7) is 2.58. The first-order valence-corrected chi connectivity index (χ1v) is 7.76. The van der Waals surface area contributed by atoms with Crippen LogP contribution in [0.3, 0.4) is 0 Å². The monoisotopic (exact) mass is 334 g/mol. The van der Waals surface area contributed by atoms with Crippen LogP contribution in [0, 0.1) is 0 Å². The van der Waals surface area contributed by atoms with E-state index in [-0.39, 0.29) is 30.8 Å². The Morgan fingerprint density at radius 3 is 2.92 bits per heavy atom. The number of hydrogen-bond donors (Lipinski definition) is 2. The number of nitrogens with zero attached hydrogens (tertiary/aromatic N) is 3. The van der Waals surface area contributed by atoms with Gasteiger partial charge in [0, 0.05) is 25.6 Å². The SMILES string of the molecule is CCCC(=O)OCc1c(-c2ccc(O)c(OCCN)n2)cnn1C. The molecule has 2 aromatic rings. The number of carbonyl (C=O) groups is 1. The first-order chi connectivity index (χ1) is 11.6. The molecular weight excluding hydrogens is 312 g/mol. The number of esters is 1. The van der Waals surface area contributed by atoms with E-state index in [9.17, 15) is 9.90 Å². The van der Waals surface area contributed by atoms with Gasteiger partial charge in [0.2, 0.25) is 0 Å². The van der Waals surface area contributed by atoms with Crippen LogP contribution in [0.4, 0.5) is 0 Å². The van der Waals surface area contributed by atoms with Gasteiger partial charge in [0.1, 0.15) is 13.2 Å². The Hall–Kier alpha value is -2.61. The van der Waals surface area contributed by atoms with Crippen LogP contribution in [0.25, 0.3) is 11.3 Å². The Labute approximate surface area is 140 Å². The predicted molar refractivity (Wildman–Crippen MR) is 87.4 cm³/mol. The maximum absolute atomic E-state index is 11.6. The summed E-state index contributed by atoms with van der Waals surface area (Å²) in [7, 11) is 1.76. The second kappa shape index (κ2) is 8.30. The lowest BCUT2D eigenvalue weighted by atomic mass is 10.1. The molecule has 0 fully saturated rings. The topological polar surface area (TPSA) is 112 Å². The normalized spacial score (nSPS) is 10.6. The highest BCUT2D eigenvalue weighted by atomic mass is 16.5. The lowest BCUT2D eigenvalue weighted by molar-refractivity contribution is -0.145. The van der Waals surface area contributed by atoms with Gasteiger partial charge in [-0.15, -0.1) is 0 Å². The number of aryl methyl sites for hydroxylation is 1. The summed E-state index contributed by atoms with van der Waals surface area (Å²) < 4.78 is 12.2. The first kappa shape index (κ1) is 17.7. The number of hydrogen-bond acceptors (Lipinski definition) is 7. The summed E-state index contributed by atoms with van der Waals surface area (Å²) >= 11 is 0. The lowest BCUT2D eigenvalue weighted by Gasteiger charge is -2.10. The second-order valence-corrected chi connectivity index (χ2v) is 5.20. The summed E-state index contributed by atoms with van der Waals surface area (Å²) in [6, 6.07) is 3.15. The van der Waals surface area contributed by atoms with Crippen LogP contribution >= 0.6 is 0 Å². The highest BCUT2D eigenvalue weighted by molar-refractivity contribution is 5.69.